The molecule has 22 heavy (non-hydrogen) atoms. The van der Waals surface area contributed by atoms with Crippen LogP contribution in [-0.4, -0.2) is 46.5 Å². The maximum atomic E-state index is 12.5. The number of amides is 1. The summed E-state index contributed by atoms with van der Waals surface area (Å²) in [5.41, 5.74) is 1.93. The minimum atomic E-state index is -0.581. The van der Waals surface area contributed by atoms with Crippen molar-refractivity contribution in [3.05, 3.63) is 52.8 Å². The van der Waals surface area contributed by atoms with Gasteiger partial charge in [0.25, 0.3) is 0 Å². The van der Waals surface area contributed by atoms with Crippen molar-refractivity contribution in [2.75, 3.05) is 21.2 Å². The van der Waals surface area contributed by atoms with E-state index < -0.39 is 6.04 Å². The second-order valence-electron chi connectivity index (χ2n) is 5.16. The Labute approximate surface area is 128 Å². The smallest absolute Gasteiger partial charge is 0.347 e. The van der Waals surface area contributed by atoms with E-state index in [1.807, 2.05) is 31.2 Å². The fourth-order valence-electron chi connectivity index (χ4n) is 2.09. The van der Waals surface area contributed by atoms with E-state index in [0.717, 1.165) is 11.1 Å². The van der Waals surface area contributed by atoms with Gasteiger partial charge in [0.05, 0.1) is 0 Å². The summed E-state index contributed by atoms with van der Waals surface area (Å²) in [5, 5.41) is 0. The van der Waals surface area contributed by atoms with Crippen LogP contribution in [0, 0.1) is 11.8 Å². The number of nitrogens with zero attached hydrogens (tertiary/aromatic N) is 4. The number of carbonyl (C=O) groups is 1. The number of rotatable bonds is 5. The van der Waals surface area contributed by atoms with Crippen LogP contribution in [0.3, 0.4) is 0 Å². The highest BCUT2D eigenvalue weighted by Crippen LogP contribution is 2.23. The van der Waals surface area contributed by atoms with Crippen molar-refractivity contribution in [3.63, 3.8) is 0 Å². The fourth-order valence-corrected chi connectivity index (χ4v) is 2.09. The van der Waals surface area contributed by atoms with Crippen molar-refractivity contribution in [1.29, 1.82) is 0 Å². The first-order valence-electron chi connectivity index (χ1n) is 6.76. The molecule has 1 aromatic heterocycles. The van der Waals surface area contributed by atoms with Crippen molar-refractivity contribution in [1.82, 2.24) is 14.5 Å². The molecule has 1 atom stereocenters. The molecule has 0 aliphatic carbocycles. The van der Waals surface area contributed by atoms with Crippen LogP contribution in [0.4, 0.5) is 5.82 Å². The van der Waals surface area contributed by atoms with Gasteiger partial charge in [-0.3, -0.25) is 9.36 Å². The van der Waals surface area contributed by atoms with Gasteiger partial charge in [0.2, 0.25) is 12.2 Å². The molecule has 2 rings (SSSR count). The van der Waals surface area contributed by atoms with Gasteiger partial charge >= 0.3 is 5.82 Å². The first-order valence-corrected chi connectivity index (χ1v) is 6.76. The summed E-state index contributed by atoms with van der Waals surface area (Å²) in [6.07, 6.45) is 2.94. The summed E-state index contributed by atoms with van der Waals surface area (Å²) in [6.45, 7) is 1.98. The molecule has 0 fully saturated rings. The number of aryl methyl sites for hydroxylation is 1. The van der Waals surface area contributed by atoms with Crippen LogP contribution in [0.25, 0.3) is 0 Å². The van der Waals surface area contributed by atoms with E-state index >= 15 is 0 Å². The van der Waals surface area contributed by atoms with Crippen molar-refractivity contribution >= 4 is 11.7 Å². The van der Waals surface area contributed by atoms with Gasteiger partial charge in [0.1, 0.15) is 19.3 Å². The van der Waals surface area contributed by atoms with Crippen molar-refractivity contribution in [2.24, 2.45) is 0 Å². The molecule has 2 aromatic rings. The van der Waals surface area contributed by atoms with E-state index in [1.54, 1.807) is 18.7 Å². The van der Waals surface area contributed by atoms with Crippen LogP contribution in [0.1, 0.15) is 17.2 Å². The standard InChI is InChI=1S/C15H19N4O3/c1-11-5-7-12(8-6-11)14(15(20)17(2)3)18-9-13(16-10-18)19(21)22-4/h5-10,14H,1-4H3/q+1. The van der Waals surface area contributed by atoms with Gasteiger partial charge in [-0.15, -0.1) is 0 Å². The second-order valence-corrected chi connectivity index (χ2v) is 5.16. The molecule has 0 aliphatic heterocycles. The summed E-state index contributed by atoms with van der Waals surface area (Å²) in [4.78, 5) is 34.3. The lowest BCUT2D eigenvalue weighted by Crippen LogP contribution is -2.31. The maximum Gasteiger partial charge on any atom is 0.426 e. The second kappa shape index (κ2) is 6.38. The third kappa shape index (κ3) is 3.13. The maximum absolute atomic E-state index is 12.5. The van der Waals surface area contributed by atoms with Crippen LogP contribution < -0.4 is 0 Å². The minimum absolute atomic E-state index is 0.0890. The Kier molecular flexibility index (Phi) is 4.55. The molecule has 7 nitrogen and oxygen atoms in total. The molecular weight excluding hydrogens is 284 g/mol. The summed E-state index contributed by atoms with van der Waals surface area (Å²) in [6, 6.07) is 7.09. The minimum Gasteiger partial charge on any atom is -0.347 e. The fraction of sp³-hybridized carbons (Fsp3) is 0.333. The Morgan fingerprint density at radius 1 is 1.32 bits per heavy atom. The highest BCUT2D eigenvalue weighted by atomic mass is 16.8. The monoisotopic (exact) mass is 303 g/mol. The number of carbonyl (C=O) groups excluding carboxylic acids is 1. The number of hydrogen-bond donors (Lipinski definition) is 0. The quantitative estimate of drug-likeness (QED) is 0.790. The molecule has 0 bridgehead atoms. The number of benzene rings is 1. The Morgan fingerprint density at radius 2 is 1.95 bits per heavy atom. The number of imidazole rings is 1. The molecule has 0 saturated carbocycles. The zero-order chi connectivity index (χ0) is 16.3. The zero-order valence-corrected chi connectivity index (χ0v) is 13.1. The van der Waals surface area contributed by atoms with E-state index in [2.05, 4.69) is 9.82 Å². The number of likely N-dealkylation sites (N-methyl/N-ethyl adjacent to an activating group) is 1. The molecule has 1 amide bonds. The van der Waals surface area contributed by atoms with Crippen molar-refractivity contribution in [2.45, 2.75) is 13.0 Å². The molecule has 7 heteroatoms. The Hall–Kier alpha value is -2.70. The van der Waals surface area contributed by atoms with Crippen LogP contribution in [0.5, 0.6) is 0 Å². The van der Waals surface area contributed by atoms with Crippen molar-refractivity contribution < 1.29 is 14.6 Å². The topological polar surface area (TPSA) is 67.4 Å². The first kappa shape index (κ1) is 15.7. The predicted octanol–water partition coefficient (Wildman–Crippen LogP) is 1.84. The third-order valence-electron chi connectivity index (χ3n) is 3.31. The Balaban J connectivity index is 2.44. The van der Waals surface area contributed by atoms with Gasteiger partial charge in [-0.1, -0.05) is 29.8 Å². The van der Waals surface area contributed by atoms with Gasteiger partial charge in [-0.25, -0.2) is 0 Å². The van der Waals surface area contributed by atoms with Crippen LogP contribution in [0.2, 0.25) is 0 Å². The van der Waals surface area contributed by atoms with Gasteiger partial charge in [0.15, 0.2) is 4.92 Å². The third-order valence-corrected chi connectivity index (χ3v) is 3.31. The summed E-state index contributed by atoms with van der Waals surface area (Å²) >= 11 is 0. The SMILES string of the molecule is CO[N+](=O)c1cn(C(C(=O)N(C)C)c2ccc(C)cc2)cn1. The van der Waals surface area contributed by atoms with E-state index in [1.165, 1.54) is 24.5 Å². The molecule has 1 unspecified atom stereocenters. The molecule has 0 spiro atoms. The average molecular weight is 303 g/mol. The molecule has 1 aromatic carbocycles. The largest absolute Gasteiger partial charge is 0.426 e. The molecular formula is C15H19N4O3+. The van der Waals surface area contributed by atoms with E-state index in [9.17, 15) is 9.70 Å². The molecule has 1 heterocycles. The lowest BCUT2D eigenvalue weighted by atomic mass is 10.0. The highest BCUT2D eigenvalue weighted by Gasteiger charge is 2.28. The lowest BCUT2D eigenvalue weighted by molar-refractivity contribution is -0.739. The van der Waals surface area contributed by atoms with Gasteiger partial charge in [-0.05, 0) is 22.4 Å². The first-order chi connectivity index (χ1) is 10.4. The zero-order valence-electron chi connectivity index (χ0n) is 13.1. The molecule has 0 saturated heterocycles. The van der Waals surface area contributed by atoms with Crippen LogP contribution >= 0.6 is 0 Å². The predicted molar refractivity (Wildman–Crippen MR) is 80.5 cm³/mol. The number of hydrogen-bond acceptors (Lipinski definition) is 4. The molecule has 0 aliphatic rings. The van der Waals surface area contributed by atoms with E-state index in [0.29, 0.717) is 4.92 Å². The summed E-state index contributed by atoms with van der Waals surface area (Å²) in [7, 11) is 4.64. The van der Waals surface area contributed by atoms with E-state index in [-0.39, 0.29) is 11.7 Å². The van der Waals surface area contributed by atoms with Crippen molar-refractivity contribution in [3.8, 4) is 0 Å². The Bertz CT molecular complexity index is 676. The molecule has 0 radical (unpaired) electrons. The van der Waals surface area contributed by atoms with Gasteiger partial charge in [0, 0.05) is 14.1 Å². The average Bonchev–Trinajstić information content (AvgIpc) is 2.98. The Morgan fingerprint density at radius 3 is 2.50 bits per heavy atom. The normalized spacial score (nSPS) is 11.8. The number of aromatic nitrogens is 2. The van der Waals surface area contributed by atoms with Crippen LogP contribution in [-0.2, 0) is 9.63 Å². The van der Waals surface area contributed by atoms with Gasteiger partial charge in [-0.2, -0.15) is 0 Å². The lowest BCUT2D eigenvalue weighted by Gasteiger charge is -2.21. The highest BCUT2D eigenvalue weighted by molar-refractivity contribution is 5.83. The van der Waals surface area contributed by atoms with Gasteiger partial charge < -0.3 is 9.74 Å². The van der Waals surface area contributed by atoms with Crippen LogP contribution in [0.15, 0.2) is 36.8 Å². The van der Waals surface area contributed by atoms with E-state index in [4.69, 9.17) is 0 Å². The summed E-state index contributed by atoms with van der Waals surface area (Å²) in [5.74, 6) is -0.0196. The molecule has 0 N–H and O–H groups in total. The summed E-state index contributed by atoms with van der Waals surface area (Å²) < 4.78 is 1.60. The molecule has 116 valence electrons.